The fraction of sp³-hybridized carbons (Fsp3) is 0.217. The summed E-state index contributed by atoms with van der Waals surface area (Å²) in [7, 11) is 1.81. The number of fused-ring (bicyclic) bond motifs is 2. The van der Waals surface area contributed by atoms with E-state index in [4.69, 9.17) is 9.47 Å². The number of hydrogen-bond donors (Lipinski definition) is 1. The molecule has 4 heterocycles. The average molecular weight is 481 g/mol. The largest absolute Gasteiger partial charge is 0.481 e. The Morgan fingerprint density at radius 1 is 1.15 bits per heavy atom. The third kappa shape index (κ3) is 3.72. The monoisotopic (exact) mass is 480 g/mol. The number of thiazole rings is 1. The van der Waals surface area contributed by atoms with E-state index in [1.54, 1.807) is 22.5 Å². The van der Waals surface area contributed by atoms with E-state index in [0.29, 0.717) is 16.7 Å². The van der Waals surface area contributed by atoms with Crippen molar-refractivity contribution >= 4 is 44.0 Å². The summed E-state index contributed by atoms with van der Waals surface area (Å²) >= 11 is 1.53. The van der Waals surface area contributed by atoms with Gasteiger partial charge in [-0.3, -0.25) is 4.68 Å². The number of alkyl halides is 2. The first-order valence-electron chi connectivity index (χ1n) is 10.5. The minimum absolute atomic E-state index is 0.204. The Labute approximate surface area is 196 Å². The lowest BCUT2D eigenvalue weighted by molar-refractivity contribution is -0.0654. The lowest BCUT2D eigenvalue weighted by Gasteiger charge is -2.21. The molecule has 1 aliphatic heterocycles. The molecule has 1 N–H and O–H groups in total. The highest BCUT2D eigenvalue weighted by molar-refractivity contribution is 7.16. The Morgan fingerprint density at radius 2 is 2.06 bits per heavy atom. The van der Waals surface area contributed by atoms with Crippen molar-refractivity contribution in [1.29, 1.82) is 0 Å². The molecule has 0 radical (unpaired) electrons. The highest BCUT2D eigenvalue weighted by atomic mass is 32.1. The second-order valence-corrected chi connectivity index (χ2v) is 8.92. The Balaban J connectivity index is 1.48. The molecule has 0 aliphatic carbocycles. The topological polar surface area (TPSA) is 87.0 Å². The van der Waals surface area contributed by atoms with Crippen LogP contribution in [-0.2, 0) is 11.8 Å². The van der Waals surface area contributed by atoms with Crippen LogP contribution in [0, 0.1) is 0 Å². The van der Waals surface area contributed by atoms with Crippen LogP contribution in [0.3, 0.4) is 0 Å². The molecule has 1 fully saturated rings. The van der Waals surface area contributed by atoms with Gasteiger partial charge in [0.05, 0.1) is 39.4 Å². The molecule has 0 bridgehead atoms. The molecule has 1 atom stereocenters. The lowest BCUT2D eigenvalue weighted by atomic mass is 10.1. The van der Waals surface area contributed by atoms with Crippen LogP contribution in [0.2, 0.25) is 0 Å². The van der Waals surface area contributed by atoms with Gasteiger partial charge in [0.2, 0.25) is 0 Å². The van der Waals surface area contributed by atoms with E-state index in [0.717, 1.165) is 27.0 Å². The van der Waals surface area contributed by atoms with E-state index in [1.807, 2.05) is 37.5 Å². The maximum atomic E-state index is 14.4. The van der Waals surface area contributed by atoms with Crippen molar-refractivity contribution in [3.8, 4) is 16.9 Å². The SMILES string of the molecule is Cn1cc(-c2cc(OC3COCC3(F)F)c3c(Nc4ccc5ncsc5c4)ncnc3c2)cn1. The van der Waals surface area contributed by atoms with Crippen LogP contribution in [0.15, 0.2) is 54.6 Å². The standard InChI is InChI=1S/C23H18F2N6O2S/c1-31-8-14(7-29-31)13-4-17-21(18(5-13)33-20-9-32-10-23(20,24)25)22(27-11-26-17)30-15-2-3-16-19(6-15)34-12-28-16/h2-8,11-12,20H,9-10H2,1H3,(H,26,27,30). The predicted molar refractivity (Wildman–Crippen MR) is 125 cm³/mol. The number of nitrogens with one attached hydrogen (secondary N) is 1. The minimum Gasteiger partial charge on any atom is -0.481 e. The summed E-state index contributed by atoms with van der Waals surface area (Å²) in [5, 5.41) is 8.00. The quantitative estimate of drug-likeness (QED) is 0.387. The van der Waals surface area contributed by atoms with Crippen LogP contribution in [0.4, 0.5) is 20.3 Å². The Kier molecular flexibility index (Phi) is 4.89. The molecule has 1 saturated heterocycles. The molecule has 0 amide bonds. The molecule has 6 rings (SSSR count). The van der Waals surface area contributed by atoms with E-state index >= 15 is 0 Å². The van der Waals surface area contributed by atoms with Gasteiger partial charge >= 0.3 is 5.92 Å². The number of aromatic nitrogens is 5. The molecule has 34 heavy (non-hydrogen) atoms. The van der Waals surface area contributed by atoms with E-state index in [9.17, 15) is 8.78 Å². The summed E-state index contributed by atoms with van der Waals surface area (Å²) in [5.74, 6) is -2.41. The third-order valence-electron chi connectivity index (χ3n) is 5.64. The molecule has 1 unspecified atom stereocenters. The molecule has 5 aromatic rings. The smallest absolute Gasteiger partial charge is 0.309 e. The molecular formula is C23H18F2N6O2S. The normalized spacial score (nSPS) is 17.4. The van der Waals surface area contributed by atoms with Crippen LogP contribution < -0.4 is 10.1 Å². The van der Waals surface area contributed by atoms with Crippen LogP contribution in [-0.4, -0.2) is 50.0 Å². The van der Waals surface area contributed by atoms with Crippen molar-refractivity contribution in [3.05, 3.63) is 54.6 Å². The molecule has 2 aromatic carbocycles. The second kappa shape index (κ2) is 7.96. The van der Waals surface area contributed by atoms with Gasteiger partial charge in [0.25, 0.3) is 0 Å². The summed E-state index contributed by atoms with van der Waals surface area (Å²) < 4.78 is 42.3. The molecule has 3 aromatic heterocycles. The van der Waals surface area contributed by atoms with E-state index in [2.05, 4.69) is 25.4 Å². The molecule has 172 valence electrons. The third-order valence-corrected chi connectivity index (χ3v) is 6.43. The van der Waals surface area contributed by atoms with E-state index in [-0.39, 0.29) is 12.4 Å². The Morgan fingerprint density at radius 3 is 2.85 bits per heavy atom. The molecule has 11 heteroatoms. The first kappa shape index (κ1) is 20.9. The zero-order valence-electron chi connectivity index (χ0n) is 17.9. The van der Waals surface area contributed by atoms with Gasteiger partial charge in [-0.25, -0.2) is 15.0 Å². The van der Waals surface area contributed by atoms with E-state index < -0.39 is 18.6 Å². The van der Waals surface area contributed by atoms with Crippen molar-refractivity contribution < 1.29 is 18.3 Å². The lowest BCUT2D eigenvalue weighted by Crippen LogP contribution is -2.36. The van der Waals surface area contributed by atoms with Crippen molar-refractivity contribution in [2.24, 2.45) is 7.05 Å². The summed E-state index contributed by atoms with van der Waals surface area (Å²) in [6.45, 7) is -0.877. The number of hydrogen-bond acceptors (Lipinski definition) is 8. The summed E-state index contributed by atoms with van der Waals surface area (Å²) in [6, 6.07) is 9.34. The van der Waals surface area contributed by atoms with Gasteiger partial charge in [-0.1, -0.05) is 0 Å². The van der Waals surface area contributed by atoms with Crippen molar-refractivity contribution in [3.63, 3.8) is 0 Å². The molecular weight excluding hydrogens is 462 g/mol. The number of rotatable bonds is 5. The van der Waals surface area contributed by atoms with Crippen molar-refractivity contribution in [2.75, 3.05) is 18.5 Å². The summed E-state index contributed by atoms with van der Waals surface area (Å²) in [5.41, 5.74) is 5.57. The number of ether oxygens (including phenoxy) is 2. The van der Waals surface area contributed by atoms with Gasteiger partial charge in [0.15, 0.2) is 6.10 Å². The maximum Gasteiger partial charge on any atom is 0.309 e. The van der Waals surface area contributed by atoms with Crippen LogP contribution in [0.1, 0.15) is 0 Å². The predicted octanol–water partition coefficient (Wildman–Crippen LogP) is 4.80. The van der Waals surface area contributed by atoms with Crippen LogP contribution in [0.5, 0.6) is 5.75 Å². The van der Waals surface area contributed by atoms with Gasteiger partial charge in [-0.2, -0.15) is 13.9 Å². The number of anilines is 2. The highest BCUT2D eigenvalue weighted by Crippen LogP contribution is 2.39. The van der Waals surface area contributed by atoms with Gasteiger partial charge in [0, 0.05) is 24.5 Å². The fourth-order valence-corrected chi connectivity index (χ4v) is 4.65. The molecule has 0 spiro atoms. The molecule has 1 aliphatic rings. The first-order valence-corrected chi connectivity index (χ1v) is 11.3. The molecule has 0 saturated carbocycles. The zero-order chi connectivity index (χ0) is 23.3. The van der Waals surface area contributed by atoms with Crippen LogP contribution in [0.25, 0.3) is 32.2 Å². The van der Waals surface area contributed by atoms with Gasteiger partial charge in [0.1, 0.15) is 24.5 Å². The van der Waals surface area contributed by atoms with Crippen molar-refractivity contribution in [2.45, 2.75) is 12.0 Å². The number of halogens is 2. The fourth-order valence-electron chi connectivity index (χ4n) is 3.94. The Bertz CT molecular complexity index is 1520. The van der Waals surface area contributed by atoms with Crippen molar-refractivity contribution in [1.82, 2.24) is 24.7 Å². The minimum atomic E-state index is -3.10. The van der Waals surface area contributed by atoms with Gasteiger partial charge < -0.3 is 14.8 Å². The summed E-state index contributed by atoms with van der Waals surface area (Å²) in [4.78, 5) is 13.1. The number of aryl methyl sites for hydroxylation is 1. The highest BCUT2D eigenvalue weighted by Gasteiger charge is 2.47. The Hall–Kier alpha value is -3.70. The second-order valence-electron chi connectivity index (χ2n) is 8.04. The van der Waals surface area contributed by atoms with Crippen LogP contribution >= 0.6 is 11.3 Å². The van der Waals surface area contributed by atoms with Gasteiger partial charge in [-0.05, 0) is 35.9 Å². The van der Waals surface area contributed by atoms with E-state index in [1.165, 1.54) is 17.7 Å². The zero-order valence-corrected chi connectivity index (χ0v) is 18.7. The summed E-state index contributed by atoms with van der Waals surface area (Å²) in [6.07, 6.45) is 3.55. The number of nitrogens with zero attached hydrogens (tertiary/aromatic N) is 5. The molecule has 8 nitrogen and oxygen atoms in total. The van der Waals surface area contributed by atoms with Gasteiger partial charge in [-0.15, -0.1) is 11.3 Å². The number of benzene rings is 2. The maximum absolute atomic E-state index is 14.4. The average Bonchev–Trinajstić information content (AvgIpc) is 3.54. The first-order chi connectivity index (χ1) is 16.5.